The third-order valence-corrected chi connectivity index (χ3v) is 4.61. The summed E-state index contributed by atoms with van der Waals surface area (Å²) in [5, 5.41) is 12.5. The van der Waals surface area contributed by atoms with Gasteiger partial charge in [-0.1, -0.05) is 0 Å². The second-order valence-corrected chi connectivity index (χ2v) is 7.09. The van der Waals surface area contributed by atoms with E-state index in [0.29, 0.717) is 31.2 Å². The Morgan fingerprint density at radius 2 is 2.04 bits per heavy atom. The Morgan fingerprint density at radius 3 is 2.75 bits per heavy atom. The zero-order valence-corrected chi connectivity index (χ0v) is 16.3. The maximum Gasteiger partial charge on any atom is 0.293 e. The first-order valence-corrected chi connectivity index (χ1v) is 9.09. The number of aromatic nitrogens is 6. The van der Waals surface area contributed by atoms with Crippen molar-refractivity contribution in [2.45, 2.75) is 26.4 Å². The van der Waals surface area contributed by atoms with E-state index in [1.165, 1.54) is 0 Å². The monoisotopic (exact) mass is 382 g/mol. The van der Waals surface area contributed by atoms with Crippen LogP contribution in [0.25, 0.3) is 5.78 Å². The second kappa shape index (κ2) is 7.02. The van der Waals surface area contributed by atoms with Crippen molar-refractivity contribution in [2.24, 2.45) is 0 Å². The highest BCUT2D eigenvalue weighted by Gasteiger charge is 2.31. The van der Waals surface area contributed by atoms with Gasteiger partial charge in [-0.25, -0.2) is 9.50 Å². The summed E-state index contributed by atoms with van der Waals surface area (Å²) in [6.07, 6.45) is 0.578. The van der Waals surface area contributed by atoms with Crippen molar-refractivity contribution in [2.75, 3.05) is 32.1 Å². The van der Waals surface area contributed by atoms with Gasteiger partial charge in [0.25, 0.3) is 11.7 Å². The minimum absolute atomic E-state index is 0.136. The van der Waals surface area contributed by atoms with Crippen LogP contribution in [0.5, 0.6) is 5.88 Å². The van der Waals surface area contributed by atoms with E-state index in [9.17, 15) is 4.79 Å². The Balaban J connectivity index is 1.43. The molecule has 0 bridgehead atoms. The van der Waals surface area contributed by atoms with Crippen molar-refractivity contribution in [3.63, 3.8) is 0 Å². The molecule has 0 aliphatic carbocycles. The number of aryl methyl sites for hydroxylation is 2. The van der Waals surface area contributed by atoms with Gasteiger partial charge in [-0.05, 0) is 26.0 Å². The fraction of sp³-hybridized carbons (Fsp3) is 0.444. The van der Waals surface area contributed by atoms with Crippen molar-refractivity contribution in [1.82, 2.24) is 34.7 Å². The first-order chi connectivity index (χ1) is 13.4. The molecule has 1 saturated heterocycles. The third-order valence-electron chi connectivity index (χ3n) is 4.61. The molecule has 0 aromatic carbocycles. The molecule has 1 amide bonds. The van der Waals surface area contributed by atoms with Gasteiger partial charge in [0.15, 0.2) is 5.82 Å². The standard InChI is InChI=1S/C18H22N8O2/c1-11-9-12(2)26-18(19-11)20-16(23-26)17(27)25-8-7-13(10-25)28-15-6-5-14(21-22-15)24(3)4/h5-6,9,13H,7-8,10H2,1-4H3/t13-/m0/s1. The Kier molecular flexibility index (Phi) is 4.54. The van der Waals surface area contributed by atoms with Crippen LogP contribution < -0.4 is 9.64 Å². The Bertz CT molecular complexity index is 1010. The number of hydrogen-bond acceptors (Lipinski definition) is 8. The summed E-state index contributed by atoms with van der Waals surface area (Å²) in [5.74, 6) is 1.57. The van der Waals surface area contributed by atoms with Crippen LogP contribution in [0.2, 0.25) is 0 Å². The van der Waals surface area contributed by atoms with E-state index in [4.69, 9.17) is 4.74 Å². The zero-order chi connectivity index (χ0) is 19.8. The molecule has 0 radical (unpaired) electrons. The first kappa shape index (κ1) is 18.1. The average Bonchev–Trinajstić information content (AvgIpc) is 3.29. The molecular formula is C18H22N8O2. The Hall–Kier alpha value is -3.30. The third kappa shape index (κ3) is 3.45. The molecule has 0 N–H and O–H groups in total. The van der Waals surface area contributed by atoms with E-state index in [2.05, 4.69) is 25.3 Å². The average molecular weight is 382 g/mol. The van der Waals surface area contributed by atoms with E-state index in [0.717, 1.165) is 17.2 Å². The van der Waals surface area contributed by atoms with Crippen LogP contribution in [0.4, 0.5) is 5.82 Å². The van der Waals surface area contributed by atoms with Crippen LogP contribution in [0, 0.1) is 13.8 Å². The summed E-state index contributed by atoms with van der Waals surface area (Å²) in [5.41, 5.74) is 1.73. The zero-order valence-electron chi connectivity index (χ0n) is 16.3. The minimum atomic E-state index is -0.220. The molecule has 1 aliphatic heterocycles. The maximum atomic E-state index is 12.8. The molecule has 3 aromatic heterocycles. The smallest absolute Gasteiger partial charge is 0.293 e. The summed E-state index contributed by atoms with van der Waals surface area (Å²) >= 11 is 0. The van der Waals surface area contributed by atoms with Gasteiger partial charge in [-0.15, -0.1) is 15.3 Å². The van der Waals surface area contributed by atoms with Gasteiger partial charge in [0.2, 0.25) is 11.7 Å². The SMILES string of the molecule is Cc1cc(C)n2nc(C(=O)N3CC[C@H](Oc4ccc(N(C)C)nn4)C3)nc2n1. The van der Waals surface area contributed by atoms with Gasteiger partial charge in [0, 0.05) is 44.5 Å². The van der Waals surface area contributed by atoms with Gasteiger partial charge in [0.1, 0.15) is 6.10 Å². The molecule has 0 spiro atoms. The van der Waals surface area contributed by atoms with Gasteiger partial charge < -0.3 is 14.5 Å². The number of carbonyl (C=O) groups excluding carboxylic acids is 1. The predicted octanol–water partition coefficient (Wildman–Crippen LogP) is 0.891. The highest BCUT2D eigenvalue weighted by molar-refractivity contribution is 5.91. The Labute approximate surface area is 162 Å². The molecule has 146 valence electrons. The topological polar surface area (TPSA) is 102 Å². The lowest BCUT2D eigenvalue weighted by molar-refractivity contribution is 0.0759. The van der Waals surface area contributed by atoms with Crippen molar-refractivity contribution < 1.29 is 9.53 Å². The molecule has 3 aromatic rings. The molecule has 4 rings (SSSR count). The quantitative estimate of drug-likeness (QED) is 0.656. The van der Waals surface area contributed by atoms with Gasteiger partial charge in [0.05, 0.1) is 6.54 Å². The van der Waals surface area contributed by atoms with Crippen molar-refractivity contribution in [3.05, 3.63) is 35.4 Å². The summed E-state index contributed by atoms with van der Waals surface area (Å²) in [4.78, 5) is 25.0. The highest BCUT2D eigenvalue weighted by Crippen LogP contribution is 2.19. The normalized spacial score (nSPS) is 16.6. The number of nitrogens with zero attached hydrogens (tertiary/aromatic N) is 8. The lowest BCUT2D eigenvalue weighted by Gasteiger charge is -2.15. The molecule has 10 heteroatoms. The van der Waals surface area contributed by atoms with E-state index in [-0.39, 0.29) is 17.8 Å². The van der Waals surface area contributed by atoms with Crippen LogP contribution in [0.15, 0.2) is 18.2 Å². The fourth-order valence-corrected chi connectivity index (χ4v) is 3.19. The van der Waals surface area contributed by atoms with Gasteiger partial charge in [-0.3, -0.25) is 4.79 Å². The first-order valence-electron chi connectivity index (χ1n) is 9.09. The number of amides is 1. The van der Waals surface area contributed by atoms with Crippen LogP contribution >= 0.6 is 0 Å². The van der Waals surface area contributed by atoms with Crippen LogP contribution in [0.1, 0.15) is 28.4 Å². The number of fused-ring (bicyclic) bond motifs is 1. The Morgan fingerprint density at radius 1 is 1.21 bits per heavy atom. The van der Waals surface area contributed by atoms with E-state index in [1.54, 1.807) is 15.5 Å². The van der Waals surface area contributed by atoms with Crippen molar-refractivity contribution >= 4 is 17.5 Å². The van der Waals surface area contributed by atoms with Crippen molar-refractivity contribution in [1.29, 1.82) is 0 Å². The van der Waals surface area contributed by atoms with E-state index >= 15 is 0 Å². The summed E-state index contributed by atoms with van der Waals surface area (Å²) in [7, 11) is 3.80. The predicted molar refractivity (Wildman–Crippen MR) is 102 cm³/mol. The van der Waals surface area contributed by atoms with Crippen LogP contribution in [0.3, 0.4) is 0 Å². The van der Waals surface area contributed by atoms with Crippen LogP contribution in [-0.2, 0) is 0 Å². The summed E-state index contributed by atoms with van der Waals surface area (Å²) < 4.78 is 7.47. The number of anilines is 1. The number of hydrogen-bond donors (Lipinski definition) is 0. The number of rotatable bonds is 4. The lowest BCUT2D eigenvalue weighted by atomic mass is 10.3. The van der Waals surface area contributed by atoms with Gasteiger partial charge in [-0.2, -0.15) is 4.98 Å². The lowest BCUT2D eigenvalue weighted by Crippen LogP contribution is -2.31. The van der Waals surface area contributed by atoms with E-state index < -0.39 is 0 Å². The molecule has 1 atom stereocenters. The number of likely N-dealkylation sites (tertiary alicyclic amines) is 1. The summed E-state index contributed by atoms with van der Waals surface area (Å²) in [6.45, 7) is 4.83. The fourth-order valence-electron chi connectivity index (χ4n) is 3.19. The van der Waals surface area contributed by atoms with E-state index in [1.807, 2.05) is 45.0 Å². The molecule has 1 aliphatic rings. The van der Waals surface area contributed by atoms with Crippen molar-refractivity contribution in [3.8, 4) is 5.88 Å². The maximum absolute atomic E-state index is 12.8. The molecule has 0 unspecified atom stereocenters. The largest absolute Gasteiger partial charge is 0.471 e. The molecule has 1 fully saturated rings. The molecule has 28 heavy (non-hydrogen) atoms. The molecule has 0 saturated carbocycles. The summed E-state index contributed by atoms with van der Waals surface area (Å²) in [6, 6.07) is 5.53. The highest BCUT2D eigenvalue weighted by atomic mass is 16.5. The molecular weight excluding hydrogens is 360 g/mol. The second-order valence-electron chi connectivity index (χ2n) is 7.09. The van der Waals surface area contributed by atoms with Crippen LogP contribution in [-0.4, -0.2) is 73.9 Å². The number of ether oxygens (including phenoxy) is 1. The molecule has 10 nitrogen and oxygen atoms in total. The van der Waals surface area contributed by atoms with Gasteiger partial charge >= 0.3 is 0 Å². The number of carbonyl (C=O) groups is 1. The molecule has 4 heterocycles. The minimum Gasteiger partial charge on any atom is -0.471 e.